The third kappa shape index (κ3) is 2.31. The summed E-state index contributed by atoms with van der Waals surface area (Å²) in [5.41, 5.74) is 12.9. The number of aromatic amines is 1. The lowest BCUT2D eigenvalue weighted by atomic mass is 10.2. The number of nitrogens with two attached hydrogens (primary N) is 2. The molecule has 0 spiro atoms. The number of nitrogen functional groups attached to an aromatic ring is 1. The lowest BCUT2D eigenvalue weighted by Gasteiger charge is -2.33. The number of carbonyl (C=O) groups excluding carboxylic acids is 2. The van der Waals surface area contributed by atoms with Crippen molar-refractivity contribution in [3.8, 4) is 0 Å². The monoisotopic (exact) mass is 288 g/mol. The van der Waals surface area contributed by atoms with Crippen molar-refractivity contribution in [2.75, 3.05) is 25.5 Å². The van der Waals surface area contributed by atoms with Gasteiger partial charge in [0.2, 0.25) is 5.91 Å². The van der Waals surface area contributed by atoms with E-state index in [1.54, 1.807) is 12.1 Å². The molecule has 0 saturated carbocycles. The fraction of sp³-hybridized carbons (Fsp3) is 0.286. The Bertz CT molecular complexity index is 709. The van der Waals surface area contributed by atoms with Crippen LogP contribution in [0.25, 0.3) is 10.9 Å². The van der Waals surface area contributed by atoms with Crippen molar-refractivity contribution in [3.05, 3.63) is 30.0 Å². The second-order valence-electron chi connectivity index (χ2n) is 4.99. The summed E-state index contributed by atoms with van der Waals surface area (Å²) in [6.07, 6.45) is 0. The largest absolute Gasteiger partial charge is 0.397 e. The maximum absolute atomic E-state index is 12.6. The van der Waals surface area contributed by atoms with Gasteiger partial charge in [0.1, 0.15) is 11.7 Å². The van der Waals surface area contributed by atoms with E-state index >= 15 is 0 Å². The van der Waals surface area contributed by atoms with Gasteiger partial charge in [-0.3, -0.25) is 9.59 Å². The molecule has 0 bridgehead atoms. The first-order valence-electron chi connectivity index (χ1n) is 6.63. The quantitative estimate of drug-likeness (QED) is 0.679. The van der Waals surface area contributed by atoms with Gasteiger partial charge in [0.05, 0.1) is 24.4 Å². The molecule has 1 fully saturated rings. The molecule has 110 valence electrons. The summed E-state index contributed by atoms with van der Waals surface area (Å²) in [5, 5.41) is 0.849. The number of primary amides is 1. The number of morpholine rings is 1. The molecule has 1 atom stereocenters. The summed E-state index contributed by atoms with van der Waals surface area (Å²) >= 11 is 0. The topological polar surface area (TPSA) is 114 Å². The van der Waals surface area contributed by atoms with Gasteiger partial charge < -0.3 is 26.1 Å². The van der Waals surface area contributed by atoms with Crippen LogP contribution in [0.4, 0.5) is 5.69 Å². The highest BCUT2D eigenvalue weighted by Crippen LogP contribution is 2.22. The van der Waals surface area contributed by atoms with Crippen LogP contribution in [0.15, 0.2) is 24.3 Å². The summed E-state index contributed by atoms with van der Waals surface area (Å²) in [6, 6.07) is 6.43. The van der Waals surface area contributed by atoms with E-state index in [4.69, 9.17) is 16.2 Å². The number of carbonyl (C=O) groups is 2. The molecule has 1 saturated heterocycles. The standard InChI is InChI=1S/C14H16N4O3/c15-9-3-1-2-8-6-10(17-12(8)9)14(20)18-4-5-21-7-11(18)13(16)19/h1-3,6,11,17H,4-5,7,15H2,(H2,16,19). The zero-order chi connectivity index (χ0) is 15.0. The van der Waals surface area contributed by atoms with Gasteiger partial charge in [-0.15, -0.1) is 0 Å². The number of rotatable bonds is 2. The zero-order valence-corrected chi connectivity index (χ0v) is 11.3. The Hall–Kier alpha value is -2.54. The Labute approximate surface area is 120 Å². The Kier molecular flexibility index (Phi) is 3.26. The van der Waals surface area contributed by atoms with Crippen molar-refractivity contribution in [3.63, 3.8) is 0 Å². The number of nitrogens with zero attached hydrogens (tertiary/aromatic N) is 1. The van der Waals surface area contributed by atoms with E-state index in [0.29, 0.717) is 30.0 Å². The number of H-pyrrole nitrogens is 1. The molecule has 7 nitrogen and oxygen atoms in total. The summed E-state index contributed by atoms with van der Waals surface area (Å²) < 4.78 is 5.21. The average molecular weight is 288 g/mol. The highest BCUT2D eigenvalue weighted by Gasteiger charge is 2.32. The van der Waals surface area contributed by atoms with Crippen LogP contribution in [0.5, 0.6) is 0 Å². The number of para-hydroxylation sites is 1. The molecule has 21 heavy (non-hydrogen) atoms. The number of hydrogen-bond acceptors (Lipinski definition) is 4. The molecule has 2 aromatic rings. The number of nitrogens with one attached hydrogen (secondary N) is 1. The zero-order valence-electron chi connectivity index (χ0n) is 11.3. The minimum Gasteiger partial charge on any atom is -0.397 e. The van der Waals surface area contributed by atoms with Gasteiger partial charge in [-0.1, -0.05) is 12.1 Å². The highest BCUT2D eigenvalue weighted by molar-refractivity contribution is 6.02. The molecule has 0 radical (unpaired) electrons. The number of ether oxygens (including phenoxy) is 1. The number of fused-ring (bicyclic) bond motifs is 1. The maximum Gasteiger partial charge on any atom is 0.271 e. The molecule has 7 heteroatoms. The lowest BCUT2D eigenvalue weighted by Crippen LogP contribution is -2.54. The van der Waals surface area contributed by atoms with Crippen molar-refractivity contribution in [2.24, 2.45) is 5.73 Å². The fourth-order valence-corrected chi connectivity index (χ4v) is 2.53. The second-order valence-corrected chi connectivity index (χ2v) is 4.99. The Morgan fingerprint density at radius 2 is 2.19 bits per heavy atom. The minimum absolute atomic E-state index is 0.128. The van der Waals surface area contributed by atoms with Crippen molar-refractivity contribution in [2.45, 2.75) is 6.04 Å². The fourth-order valence-electron chi connectivity index (χ4n) is 2.53. The molecule has 0 aliphatic carbocycles. The summed E-state index contributed by atoms with van der Waals surface area (Å²) in [5.74, 6) is -0.851. The van der Waals surface area contributed by atoms with Gasteiger partial charge in [-0.25, -0.2) is 0 Å². The smallest absolute Gasteiger partial charge is 0.271 e. The van der Waals surface area contributed by atoms with E-state index in [1.807, 2.05) is 12.1 Å². The van der Waals surface area contributed by atoms with E-state index in [-0.39, 0.29) is 12.5 Å². The second kappa shape index (κ2) is 5.10. The van der Waals surface area contributed by atoms with Crippen LogP contribution in [0.1, 0.15) is 10.5 Å². The van der Waals surface area contributed by atoms with Crippen LogP contribution in [0, 0.1) is 0 Å². The molecular weight excluding hydrogens is 272 g/mol. The van der Waals surface area contributed by atoms with Gasteiger partial charge in [-0.05, 0) is 12.1 Å². The van der Waals surface area contributed by atoms with E-state index in [2.05, 4.69) is 4.98 Å². The highest BCUT2D eigenvalue weighted by atomic mass is 16.5. The maximum atomic E-state index is 12.6. The third-order valence-corrected chi connectivity index (χ3v) is 3.64. The summed E-state index contributed by atoms with van der Waals surface area (Å²) in [7, 11) is 0. The normalized spacial score (nSPS) is 18.9. The van der Waals surface area contributed by atoms with Gasteiger partial charge in [-0.2, -0.15) is 0 Å². The van der Waals surface area contributed by atoms with E-state index in [9.17, 15) is 9.59 Å². The van der Waals surface area contributed by atoms with Gasteiger partial charge in [0, 0.05) is 11.9 Å². The number of hydrogen-bond donors (Lipinski definition) is 3. The van der Waals surface area contributed by atoms with Crippen molar-refractivity contribution < 1.29 is 14.3 Å². The lowest BCUT2D eigenvalue weighted by molar-refractivity contribution is -0.127. The Morgan fingerprint density at radius 3 is 2.90 bits per heavy atom. The van der Waals surface area contributed by atoms with Crippen LogP contribution >= 0.6 is 0 Å². The van der Waals surface area contributed by atoms with Crippen LogP contribution in [0.3, 0.4) is 0 Å². The minimum atomic E-state index is -0.741. The van der Waals surface area contributed by atoms with Crippen molar-refractivity contribution in [1.29, 1.82) is 0 Å². The molecule has 2 heterocycles. The van der Waals surface area contributed by atoms with Crippen LogP contribution in [-0.2, 0) is 9.53 Å². The first-order chi connectivity index (χ1) is 10.1. The molecule has 1 aromatic heterocycles. The Balaban J connectivity index is 1.95. The molecule has 1 aromatic carbocycles. The summed E-state index contributed by atoms with van der Waals surface area (Å²) in [6.45, 7) is 0.846. The molecule has 2 amide bonds. The predicted molar refractivity (Wildman–Crippen MR) is 77.5 cm³/mol. The van der Waals surface area contributed by atoms with E-state index in [1.165, 1.54) is 4.90 Å². The SMILES string of the molecule is NC(=O)C1COCCN1C(=O)c1cc2cccc(N)c2[nH]1. The molecule has 1 unspecified atom stereocenters. The number of aromatic nitrogens is 1. The van der Waals surface area contributed by atoms with Crippen molar-refractivity contribution >= 4 is 28.4 Å². The average Bonchev–Trinajstić information content (AvgIpc) is 2.92. The Morgan fingerprint density at radius 1 is 1.38 bits per heavy atom. The number of benzene rings is 1. The third-order valence-electron chi connectivity index (χ3n) is 3.64. The van der Waals surface area contributed by atoms with Gasteiger partial charge >= 0.3 is 0 Å². The number of anilines is 1. The molecular formula is C14H16N4O3. The number of amides is 2. The van der Waals surface area contributed by atoms with Crippen LogP contribution < -0.4 is 11.5 Å². The predicted octanol–water partition coefficient (Wildman–Crippen LogP) is 0.0764. The first-order valence-corrected chi connectivity index (χ1v) is 6.63. The van der Waals surface area contributed by atoms with Crippen LogP contribution in [-0.4, -0.2) is 47.5 Å². The van der Waals surface area contributed by atoms with Gasteiger partial charge in [0.15, 0.2) is 0 Å². The molecule has 3 rings (SSSR count). The van der Waals surface area contributed by atoms with Crippen LogP contribution in [0.2, 0.25) is 0 Å². The van der Waals surface area contributed by atoms with E-state index < -0.39 is 11.9 Å². The van der Waals surface area contributed by atoms with Crippen molar-refractivity contribution in [1.82, 2.24) is 9.88 Å². The van der Waals surface area contributed by atoms with E-state index in [0.717, 1.165) is 5.39 Å². The summed E-state index contributed by atoms with van der Waals surface area (Å²) in [4.78, 5) is 28.5. The van der Waals surface area contributed by atoms with Gasteiger partial charge in [0.25, 0.3) is 5.91 Å². The molecule has 5 N–H and O–H groups in total. The first kappa shape index (κ1) is 13.4. The molecule has 1 aliphatic rings. The molecule has 1 aliphatic heterocycles.